The van der Waals surface area contributed by atoms with Crippen molar-refractivity contribution >= 4 is 11.4 Å². The third-order valence-corrected chi connectivity index (χ3v) is 2.68. The van der Waals surface area contributed by atoms with E-state index >= 15 is 0 Å². The zero-order chi connectivity index (χ0) is 13.1. The quantitative estimate of drug-likeness (QED) is 0.816. The van der Waals surface area contributed by atoms with Gasteiger partial charge in [0, 0.05) is 6.54 Å². The number of hydrogen-bond donors (Lipinski definition) is 2. The number of nitrogens with two attached hydrogens (primary N) is 1. The van der Waals surface area contributed by atoms with Crippen LogP contribution in [-0.2, 0) is 6.54 Å². The number of nitrogens with one attached hydrogen (secondary N) is 1. The van der Waals surface area contributed by atoms with Gasteiger partial charge in [-0.3, -0.25) is 0 Å². The molecular formula is C14H14F2N2. The van der Waals surface area contributed by atoms with Gasteiger partial charge in [0.2, 0.25) is 0 Å². The summed E-state index contributed by atoms with van der Waals surface area (Å²) in [5, 5.41) is 2.83. The second-order valence-corrected chi connectivity index (χ2v) is 4.17. The molecule has 0 fully saturated rings. The first kappa shape index (κ1) is 12.4. The van der Waals surface area contributed by atoms with Gasteiger partial charge in [-0.05, 0) is 24.6 Å². The fourth-order valence-corrected chi connectivity index (χ4v) is 1.76. The third-order valence-electron chi connectivity index (χ3n) is 2.68. The lowest BCUT2D eigenvalue weighted by Gasteiger charge is -2.11. The van der Waals surface area contributed by atoms with Gasteiger partial charge in [0.25, 0.3) is 0 Å². The summed E-state index contributed by atoms with van der Waals surface area (Å²) in [6.45, 7) is 2.37. The lowest BCUT2D eigenvalue weighted by molar-refractivity contribution is 0.511. The Hall–Kier alpha value is -2.10. The molecule has 0 atom stereocenters. The fourth-order valence-electron chi connectivity index (χ4n) is 1.76. The van der Waals surface area contributed by atoms with E-state index < -0.39 is 11.6 Å². The van der Waals surface area contributed by atoms with E-state index in [2.05, 4.69) is 5.32 Å². The van der Waals surface area contributed by atoms with Crippen molar-refractivity contribution in [1.82, 2.24) is 0 Å². The van der Waals surface area contributed by atoms with Crippen LogP contribution in [0.25, 0.3) is 0 Å². The van der Waals surface area contributed by atoms with Crippen molar-refractivity contribution in [3.8, 4) is 0 Å². The first-order chi connectivity index (χ1) is 8.58. The standard InChI is InChI=1S/C14H14F2N2/c1-9-3-2-4-10(7-9)8-18-14-12(17)6-5-11(15)13(14)16/h2-7,18H,8,17H2,1H3. The molecule has 18 heavy (non-hydrogen) atoms. The molecule has 0 unspecified atom stereocenters. The van der Waals surface area contributed by atoms with Crippen molar-refractivity contribution in [2.45, 2.75) is 13.5 Å². The summed E-state index contributed by atoms with van der Waals surface area (Å²) in [6.07, 6.45) is 0. The summed E-state index contributed by atoms with van der Waals surface area (Å²) in [7, 11) is 0. The highest BCUT2D eigenvalue weighted by molar-refractivity contribution is 5.66. The highest BCUT2D eigenvalue weighted by Gasteiger charge is 2.11. The van der Waals surface area contributed by atoms with E-state index in [1.165, 1.54) is 6.07 Å². The Morgan fingerprint density at radius 3 is 2.67 bits per heavy atom. The average molecular weight is 248 g/mol. The molecule has 0 radical (unpaired) electrons. The van der Waals surface area contributed by atoms with Crippen molar-refractivity contribution in [1.29, 1.82) is 0 Å². The lowest BCUT2D eigenvalue weighted by atomic mass is 10.1. The molecule has 0 saturated carbocycles. The van der Waals surface area contributed by atoms with Crippen LogP contribution in [0.2, 0.25) is 0 Å². The van der Waals surface area contributed by atoms with Crippen LogP contribution in [0, 0.1) is 18.6 Å². The fraction of sp³-hybridized carbons (Fsp3) is 0.143. The summed E-state index contributed by atoms with van der Waals surface area (Å²) in [4.78, 5) is 0. The maximum absolute atomic E-state index is 13.5. The number of benzene rings is 2. The molecule has 2 nitrogen and oxygen atoms in total. The van der Waals surface area contributed by atoms with Crippen LogP contribution in [-0.4, -0.2) is 0 Å². The van der Waals surface area contributed by atoms with Gasteiger partial charge in [-0.1, -0.05) is 29.8 Å². The van der Waals surface area contributed by atoms with Crippen LogP contribution in [0.1, 0.15) is 11.1 Å². The predicted molar refractivity (Wildman–Crippen MR) is 69.3 cm³/mol. The first-order valence-electron chi connectivity index (χ1n) is 5.61. The summed E-state index contributed by atoms with van der Waals surface area (Å²) >= 11 is 0. The Kier molecular flexibility index (Phi) is 3.46. The van der Waals surface area contributed by atoms with Gasteiger partial charge >= 0.3 is 0 Å². The van der Waals surface area contributed by atoms with Crippen molar-refractivity contribution < 1.29 is 8.78 Å². The molecule has 3 N–H and O–H groups in total. The minimum absolute atomic E-state index is 0.0107. The van der Waals surface area contributed by atoms with Crippen LogP contribution in [0.3, 0.4) is 0 Å². The Bertz CT molecular complexity index is 568. The maximum Gasteiger partial charge on any atom is 0.183 e. The second kappa shape index (κ2) is 5.04. The lowest BCUT2D eigenvalue weighted by Crippen LogP contribution is -2.06. The summed E-state index contributed by atoms with van der Waals surface area (Å²) in [5.41, 5.74) is 7.92. The highest BCUT2D eigenvalue weighted by Crippen LogP contribution is 2.25. The summed E-state index contributed by atoms with van der Waals surface area (Å²) in [6, 6.07) is 10.1. The van der Waals surface area contributed by atoms with E-state index in [9.17, 15) is 8.78 Å². The van der Waals surface area contributed by atoms with Crippen molar-refractivity contribution in [2.75, 3.05) is 11.1 Å². The van der Waals surface area contributed by atoms with Crippen LogP contribution >= 0.6 is 0 Å². The van der Waals surface area contributed by atoms with Crippen molar-refractivity contribution in [3.05, 3.63) is 59.2 Å². The van der Waals surface area contributed by atoms with Gasteiger partial charge in [0.1, 0.15) is 0 Å². The number of aryl methyl sites for hydroxylation is 1. The van der Waals surface area contributed by atoms with Gasteiger partial charge in [-0.25, -0.2) is 8.78 Å². The summed E-state index contributed by atoms with van der Waals surface area (Å²) < 4.78 is 26.6. The molecule has 2 aromatic rings. The molecule has 2 rings (SSSR count). The molecule has 0 spiro atoms. The van der Waals surface area contributed by atoms with E-state index in [1.54, 1.807) is 0 Å². The molecule has 0 heterocycles. The van der Waals surface area contributed by atoms with E-state index in [0.717, 1.165) is 17.2 Å². The molecular weight excluding hydrogens is 234 g/mol. The molecule has 2 aromatic carbocycles. The number of halogens is 2. The third kappa shape index (κ3) is 2.59. The molecule has 94 valence electrons. The molecule has 0 aliphatic carbocycles. The average Bonchev–Trinajstić information content (AvgIpc) is 2.34. The predicted octanol–water partition coefficient (Wildman–Crippen LogP) is 3.47. The van der Waals surface area contributed by atoms with Gasteiger partial charge in [-0.15, -0.1) is 0 Å². The molecule has 0 aromatic heterocycles. The topological polar surface area (TPSA) is 38.0 Å². The van der Waals surface area contributed by atoms with Gasteiger partial charge < -0.3 is 11.1 Å². The van der Waals surface area contributed by atoms with Crippen molar-refractivity contribution in [3.63, 3.8) is 0 Å². The first-order valence-corrected chi connectivity index (χ1v) is 5.61. The zero-order valence-corrected chi connectivity index (χ0v) is 10.0. The Morgan fingerprint density at radius 2 is 1.94 bits per heavy atom. The normalized spacial score (nSPS) is 10.4. The highest BCUT2D eigenvalue weighted by atomic mass is 19.2. The Morgan fingerprint density at radius 1 is 1.17 bits per heavy atom. The second-order valence-electron chi connectivity index (χ2n) is 4.17. The van der Waals surface area contributed by atoms with Gasteiger partial charge in [0.05, 0.1) is 11.4 Å². The SMILES string of the molecule is Cc1cccc(CNc2c(N)ccc(F)c2F)c1. The number of hydrogen-bond acceptors (Lipinski definition) is 2. The smallest absolute Gasteiger partial charge is 0.183 e. The van der Waals surface area contributed by atoms with E-state index in [-0.39, 0.29) is 11.4 Å². The Balaban J connectivity index is 2.18. The number of nitrogen functional groups attached to an aromatic ring is 1. The molecule has 0 saturated heterocycles. The van der Waals surface area contributed by atoms with E-state index in [4.69, 9.17) is 5.73 Å². The molecule has 0 aliphatic heterocycles. The maximum atomic E-state index is 13.5. The minimum Gasteiger partial charge on any atom is -0.397 e. The van der Waals surface area contributed by atoms with E-state index in [1.807, 2.05) is 31.2 Å². The monoisotopic (exact) mass is 248 g/mol. The van der Waals surface area contributed by atoms with Gasteiger partial charge in [0.15, 0.2) is 11.6 Å². The van der Waals surface area contributed by atoms with Crippen LogP contribution in [0.15, 0.2) is 36.4 Å². The summed E-state index contributed by atoms with van der Waals surface area (Å²) in [5.74, 6) is -1.85. The van der Waals surface area contributed by atoms with Crippen LogP contribution < -0.4 is 11.1 Å². The minimum atomic E-state index is -0.942. The van der Waals surface area contributed by atoms with Crippen LogP contribution in [0.5, 0.6) is 0 Å². The molecule has 0 bridgehead atoms. The molecule has 4 heteroatoms. The van der Waals surface area contributed by atoms with Gasteiger partial charge in [-0.2, -0.15) is 0 Å². The number of anilines is 2. The van der Waals surface area contributed by atoms with Crippen molar-refractivity contribution in [2.24, 2.45) is 0 Å². The zero-order valence-electron chi connectivity index (χ0n) is 10.0. The molecule has 0 amide bonds. The van der Waals surface area contributed by atoms with Crippen LogP contribution in [0.4, 0.5) is 20.2 Å². The Labute approximate surface area is 104 Å². The van der Waals surface area contributed by atoms with E-state index in [0.29, 0.717) is 6.54 Å². The number of rotatable bonds is 3. The molecule has 0 aliphatic rings. The largest absolute Gasteiger partial charge is 0.397 e.